The number of hydrogen-bond donors (Lipinski definition) is 1. The standard InChI is InChI=1S/C21H21N3O4/c1-14-20(28-18-6-4-3-5-17(18)27-14)21(25)23-15-7-9-16(10-8-15)26-13-19-22-11-12-24(19)2/h3-12,14,20H,13H2,1-2H3,(H,23,25)/t14-,20+/m0/s1. The van der Waals surface area contributed by atoms with Gasteiger partial charge in [-0.2, -0.15) is 0 Å². The van der Waals surface area contributed by atoms with E-state index in [-0.39, 0.29) is 5.91 Å². The number of nitrogens with one attached hydrogen (secondary N) is 1. The molecule has 0 aliphatic carbocycles. The van der Waals surface area contributed by atoms with Crippen LogP contribution in [0.2, 0.25) is 0 Å². The second-order valence-electron chi connectivity index (χ2n) is 6.56. The summed E-state index contributed by atoms with van der Waals surface area (Å²) in [5.41, 5.74) is 0.656. The van der Waals surface area contributed by atoms with E-state index in [1.807, 2.05) is 42.9 Å². The van der Waals surface area contributed by atoms with E-state index >= 15 is 0 Å². The highest BCUT2D eigenvalue weighted by Crippen LogP contribution is 2.33. The van der Waals surface area contributed by atoms with E-state index in [2.05, 4.69) is 10.3 Å². The first-order chi connectivity index (χ1) is 13.6. The lowest BCUT2D eigenvalue weighted by molar-refractivity contribution is -0.128. The van der Waals surface area contributed by atoms with Gasteiger partial charge in [-0.3, -0.25) is 4.79 Å². The Morgan fingerprint density at radius 3 is 2.54 bits per heavy atom. The van der Waals surface area contributed by atoms with Crippen LogP contribution in [-0.4, -0.2) is 27.7 Å². The van der Waals surface area contributed by atoms with Crippen molar-refractivity contribution in [1.29, 1.82) is 0 Å². The number of aromatic nitrogens is 2. The van der Waals surface area contributed by atoms with Crippen LogP contribution in [0.4, 0.5) is 5.69 Å². The Hall–Kier alpha value is -3.48. The Balaban J connectivity index is 1.36. The molecule has 3 aromatic rings. The first-order valence-electron chi connectivity index (χ1n) is 9.02. The maximum Gasteiger partial charge on any atom is 0.269 e. The van der Waals surface area contributed by atoms with Crippen LogP contribution in [-0.2, 0) is 18.4 Å². The van der Waals surface area contributed by atoms with Crippen LogP contribution in [0.1, 0.15) is 12.7 Å². The monoisotopic (exact) mass is 379 g/mol. The number of nitrogens with zero attached hydrogens (tertiary/aromatic N) is 2. The van der Waals surface area contributed by atoms with Crippen LogP contribution in [0.5, 0.6) is 17.2 Å². The smallest absolute Gasteiger partial charge is 0.269 e. The number of carbonyl (C=O) groups excluding carboxylic acids is 1. The Morgan fingerprint density at radius 2 is 1.86 bits per heavy atom. The van der Waals surface area contributed by atoms with Gasteiger partial charge in [0.1, 0.15) is 24.3 Å². The summed E-state index contributed by atoms with van der Waals surface area (Å²) in [7, 11) is 1.92. The summed E-state index contributed by atoms with van der Waals surface area (Å²) in [6, 6.07) is 14.5. The highest BCUT2D eigenvalue weighted by atomic mass is 16.6. The van der Waals surface area contributed by atoms with Gasteiger partial charge < -0.3 is 24.1 Å². The third-order valence-corrected chi connectivity index (χ3v) is 4.51. The maximum absolute atomic E-state index is 12.6. The second kappa shape index (κ2) is 7.64. The first-order valence-corrected chi connectivity index (χ1v) is 9.02. The molecule has 2 heterocycles. The van der Waals surface area contributed by atoms with Gasteiger partial charge in [0, 0.05) is 25.1 Å². The van der Waals surface area contributed by atoms with Gasteiger partial charge in [0.25, 0.3) is 5.91 Å². The molecule has 1 aliphatic rings. The lowest BCUT2D eigenvalue weighted by atomic mass is 10.1. The molecule has 1 aromatic heterocycles. The third-order valence-electron chi connectivity index (χ3n) is 4.51. The zero-order valence-electron chi connectivity index (χ0n) is 15.7. The van der Waals surface area contributed by atoms with Crippen molar-refractivity contribution >= 4 is 11.6 Å². The molecule has 1 amide bonds. The number of anilines is 1. The lowest BCUT2D eigenvalue weighted by Gasteiger charge is -2.31. The Kier molecular flexibility index (Phi) is 4.89. The number of ether oxygens (including phenoxy) is 3. The molecule has 0 unspecified atom stereocenters. The van der Waals surface area contributed by atoms with Gasteiger partial charge in [-0.25, -0.2) is 4.98 Å². The molecule has 4 rings (SSSR count). The number of aryl methyl sites for hydroxylation is 1. The van der Waals surface area contributed by atoms with E-state index < -0.39 is 12.2 Å². The normalized spacial score (nSPS) is 17.8. The molecule has 2 atom stereocenters. The SMILES string of the molecule is C[C@@H]1Oc2ccccc2O[C@H]1C(=O)Nc1ccc(OCc2nccn2C)cc1. The molecule has 144 valence electrons. The molecule has 28 heavy (non-hydrogen) atoms. The van der Waals surface area contributed by atoms with E-state index in [1.165, 1.54) is 0 Å². The average molecular weight is 379 g/mol. The second-order valence-corrected chi connectivity index (χ2v) is 6.56. The fourth-order valence-corrected chi connectivity index (χ4v) is 2.94. The topological polar surface area (TPSA) is 74.6 Å². The van der Waals surface area contributed by atoms with Crippen LogP contribution < -0.4 is 19.5 Å². The number of benzene rings is 2. The predicted octanol–water partition coefficient (Wildman–Crippen LogP) is 3.17. The number of carbonyl (C=O) groups is 1. The van der Waals surface area contributed by atoms with Crippen LogP contribution in [0, 0.1) is 0 Å². The Labute approximate surface area is 162 Å². The maximum atomic E-state index is 12.6. The largest absolute Gasteiger partial charge is 0.486 e. The summed E-state index contributed by atoms with van der Waals surface area (Å²) >= 11 is 0. The van der Waals surface area contributed by atoms with Crippen molar-refractivity contribution in [3.05, 3.63) is 66.7 Å². The number of rotatable bonds is 5. The van der Waals surface area contributed by atoms with Crippen molar-refractivity contribution < 1.29 is 19.0 Å². The molecular weight excluding hydrogens is 358 g/mol. The summed E-state index contributed by atoms with van der Waals surface area (Å²) in [6.45, 7) is 2.19. The van der Waals surface area contributed by atoms with Crippen molar-refractivity contribution in [1.82, 2.24) is 9.55 Å². The minimum absolute atomic E-state index is 0.260. The lowest BCUT2D eigenvalue weighted by Crippen LogP contribution is -2.46. The molecule has 0 radical (unpaired) electrons. The molecule has 0 saturated carbocycles. The third kappa shape index (κ3) is 3.78. The Morgan fingerprint density at radius 1 is 1.14 bits per heavy atom. The molecule has 2 aromatic carbocycles. The predicted molar refractivity (Wildman–Crippen MR) is 104 cm³/mol. The summed E-state index contributed by atoms with van der Waals surface area (Å²) in [4.78, 5) is 16.9. The molecule has 0 fully saturated rings. The number of amides is 1. The highest BCUT2D eigenvalue weighted by molar-refractivity contribution is 5.95. The number of fused-ring (bicyclic) bond motifs is 1. The molecule has 0 spiro atoms. The zero-order valence-corrected chi connectivity index (χ0v) is 15.7. The molecule has 7 nitrogen and oxygen atoms in total. The molecular formula is C21H21N3O4. The minimum Gasteiger partial charge on any atom is -0.486 e. The Bertz CT molecular complexity index is 968. The van der Waals surface area contributed by atoms with Crippen molar-refractivity contribution in [3.8, 4) is 17.2 Å². The zero-order chi connectivity index (χ0) is 19.5. The van der Waals surface area contributed by atoms with Gasteiger partial charge in [-0.1, -0.05) is 12.1 Å². The van der Waals surface area contributed by atoms with E-state index in [0.717, 1.165) is 5.82 Å². The van der Waals surface area contributed by atoms with Crippen molar-refractivity contribution in [2.24, 2.45) is 7.05 Å². The van der Waals surface area contributed by atoms with Crippen LogP contribution in [0.15, 0.2) is 60.9 Å². The highest BCUT2D eigenvalue weighted by Gasteiger charge is 2.34. The van der Waals surface area contributed by atoms with Crippen molar-refractivity contribution in [2.45, 2.75) is 25.7 Å². The van der Waals surface area contributed by atoms with Gasteiger partial charge >= 0.3 is 0 Å². The van der Waals surface area contributed by atoms with E-state index in [0.29, 0.717) is 29.5 Å². The summed E-state index contributed by atoms with van der Waals surface area (Å²) in [6.07, 6.45) is 2.48. The van der Waals surface area contributed by atoms with Gasteiger partial charge in [-0.15, -0.1) is 0 Å². The molecule has 1 N–H and O–H groups in total. The number of hydrogen-bond acceptors (Lipinski definition) is 5. The van der Waals surface area contributed by atoms with E-state index in [4.69, 9.17) is 14.2 Å². The number of para-hydroxylation sites is 2. The summed E-state index contributed by atoms with van der Waals surface area (Å²) in [5.74, 6) is 2.48. The van der Waals surface area contributed by atoms with E-state index in [9.17, 15) is 4.79 Å². The van der Waals surface area contributed by atoms with Crippen LogP contribution in [0.25, 0.3) is 0 Å². The average Bonchev–Trinajstić information content (AvgIpc) is 3.11. The molecule has 0 bridgehead atoms. The fraction of sp³-hybridized carbons (Fsp3) is 0.238. The van der Waals surface area contributed by atoms with Crippen LogP contribution >= 0.6 is 0 Å². The molecule has 1 aliphatic heterocycles. The van der Waals surface area contributed by atoms with Crippen molar-refractivity contribution in [3.63, 3.8) is 0 Å². The summed E-state index contributed by atoms with van der Waals surface area (Å²) in [5, 5.41) is 2.86. The first kappa shape index (κ1) is 17.9. The van der Waals surface area contributed by atoms with Crippen LogP contribution in [0.3, 0.4) is 0 Å². The van der Waals surface area contributed by atoms with Gasteiger partial charge in [0.2, 0.25) is 6.10 Å². The molecule has 0 saturated heterocycles. The molecule has 7 heteroatoms. The minimum atomic E-state index is -0.728. The van der Waals surface area contributed by atoms with E-state index in [1.54, 1.807) is 36.5 Å². The quantitative estimate of drug-likeness (QED) is 0.737. The van der Waals surface area contributed by atoms with Gasteiger partial charge in [0.05, 0.1) is 0 Å². The number of imidazole rings is 1. The van der Waals surface area contributed by atoms with Crippen molar-refractivity contribution in [2.75, 3.05) is 5.32 Å². The fourth-order valence-electron chi connectivity index (χ4n) is 2.94. The summed E-state index contributed by atoms with van der Waals surface area (Å²) < 4.78 is 19.2. The van der Waals surface area contributed by atoms with Gasteiger partial charge in [-0.05, 0) is 43.3 Å². The van der Waals surface area contributed by atoms with Gasteiger partial charge in [0.15, 0.2) is 11.5 Å².